The van der Waals surface area contributed by atoms with Crippen LogP contribution in [0.2, 0.25) is 5.02 Å². The predicted octanol–water partition coefficient (Wildman–Crippen LogP) is 2.78. The quantitative estimate of drug-likeness (QED) is 0.843. The molecule has 3 N–H and O–H groups in total. The summed E-state index contributed by atoms with van der Waals surface area (Å²) in [6.07, 6.45) is 4.20. The van der Waals surface area contributed by atoms with E-state index < -0.39 is 10.0 Å². The predicted molar refractivity (Wildman–Crippen MR) is 77.6 cm³/mol. The topological polar surface area (TPSA) is 72.2 Å². The lowest BCUT2D eigenvalue weighted by atomic mass is 9.87. The maximum atomic E-state index is 12.3. The van der Waals surface area contributed by atoms with Crippen LogP contribution in [-0.2, 0) is 10.0 Å². The molecule has 0 aliphatic heterocycles. The van der Waals surface area contributed by atoms with E-state index in [9.17, 15) is 8.42 Å². The largest absolute Gasteiger partial charge is 0.397 e. The highest BCUT2D eigenvalue weighted by molar-refractivity contribution is 7.89. The molecule has 4 nitrogen and oxygen atoms in total. The van der Waals surface area contributed by atoms with Crippen molar-refractivity contribution in [2.75, 3.05) is 5.73 Å². The maximum Gasteiger partial charge on any atom is 0.240 e. The van der Waals surface area contributed by atoms with Crippen LogP contribution in [0.1, 0.15) is 32.6 Å². The number of nitrogens with one attached hydrogen (secondary N) is 1. The van der Waals surface area contributed by atoms with Crippen LogP contribution in [0.4, 0.5) is 5.69 Å². The van der Waals surface area contributed by atoms with Crippen molar-refractivity contribution in [3.8, 4) is 0 Å². The first-order valence-electron chi connectivity index (χ1n) is 6.47. The Labute approximate surface area is 119 Å². The highest BCUT2D eigenvalue weighted by Gasteiger charge is 2.26. The number of benzene rings is 1. The van der Waals surface area contributed by atoms with Gasteiger partial charge in [-0.2, -0.15) is 0 Å². The number of rotatable bonds is 3. The number of nitrogen functional groups attached to an aromatic ring is 1. The van der Waals surface area contributed by atoms with Crippen molar-refractivity contribution in [3.05, 3.63) is 23.2 Å². The summed E-state index contributed by atoms with van der Waals surface area (Å²) < 4.78 is 27.4. The fraction of sp³-hybridized carbons (Fsp3) is 0.538. The summed E-state index contributed by atoms with van der Waals surface area (Å²) >= 11 is 5.81. The molecule has 1 aromatic carbocycles. The van der Waals surface area contributed by atoms with Crippen LogP contribution in [-0.4, -0.2) is 14.5 Å². The first-order chi connectivity index (χ1) is 8.90. The van der Waals surface area contributed by atoms with Crippen molar-refractivity contribution in [1.29, 1.82) is 0 Å². The minimum Gasteiger partial charge on any atom is -0.397 e. The summed E-state index contributed by atoms with van der Waals surface area (Å²) in [6, 6.07) is 4.40. The molecule has 0 spiro atoms. The Kier molecular flexibility index (Phi) is 4.38. The van der Waals surface area contributed by atoms with Gasteiger partial charge >= 0.3 is 0 Å². The van der Waals surface area contributed by atoms with Crippen LogP contribution < -0.4 is 10.5 Å². The van der Waals surface area contributed by atoms with Gasteiger partial charge in [-0.05, 0) is 37.0 Å². The Morgan fingerprint density at radius 1 is 1.32 bits per heavy atom. The summed E-state index contributed by atoms with van der Waals surface area (Å²) in [5.74, 6) is 0.369. The summed E-state index contributed by atoms with van der Waals surface area (Å²) in [7, 11) is -3.52. The summed E-state index contributed by atoms with van der Waals surface area (Å²) in [6.45, 7) is 2.09. The first-order valence-corrected chi connectivity index (χ1v) is 8.33. The summed E-state index contributed by atoms with van der Waals surface area (Å²) in [5, 5.41) is 0.366. The average Bonchev–Trinajstić information content (AvgIpc) is 2.35. The minimum absolute atomic E-state index is 0.00986. The molecule has 1 aromatic rings. The molecule has 2 rings (SSSR count). The van der Waals surface area contributed by atoms with E-state index in [2.05, 4.69) is 11.6 Å². The smallest absolute Gasteiger partial charge is 0.240 e. The fourth-order valence-corrected chi connectivity index (χ4v) is 3.98. The van der Waals surface area contributed by atoms with E-state index in [4.69, 9.17) is 17.3 Å². The molecule has 0 bridgehead atoms. The van der Waals surface area contributed by atoms with Gasteiger partial charge < -0.3 is 5.73 Å². The zero-order valence-electron chi connectivity index (χ0n) is 10.9. The van der Waals surface area contributed by atoms with Gasteiger partial charge in [0.2, 0.25) is 10.0 Å². The third-order valence-electron chi connectivity index (χ3n) is 3.70. The van der Waals surface area contributed by atoms with E-state index in [1.807, 2.05) is 0 Å². The second kappa shape index (κ2) is 5.69. The highest BCUT2D eigenvalue weighted by Crippen LogP contribution is 2.27. The van der Waals surface area contributed by atoms with Crippen molar-refractivity contribution < 1.29 is 8.42 Å². The van der Waals surface area contributed by atoms with Crippen molar-refractivity contribution in [1.82, 2.24) is 4.72 Å². The molecule has 1 aliphatic rings. The van der Waals surface area contributed by atoms with Gasteiger partial charge in [0.15, 0.2) is 0 Å². The normalized spacial score (nSPS) is 24.3. The lowest BCUT2D eigenvalue weighted by molar-refractivity contribution is 0.310. The molecule has 1 saturated carbocycles. The lowest BCUT2D eigenvalue weighted by Crippen LogP contribution is -2.40. The molecule has 19 heavy (non-hydrogen) atoms. The monoisotopic (exact) mass is 302 g/mol. The Bertz CT molecular complexity index is 560. The number of hydrogen-bond acceptors (Lipinski definition) is 3. The molecule has 0 amide bonds. The Morgan fingerprint density at radius 3 is 2.63 bits per heavy atom. The molecule has 2 atom stereocenters. The Hall–Kier alpha value is -0.780. The third kappa shape index (κ3) is 3.41. The summed E-state index contributed by atoms with van der Waals surface area (Å²) in [5.41, 5.74) is 5.93. The van der Waals surface area contributed by atoms with Gasteiger partial charge in [0.25, 0.3) is 0 Å². The first kappa shape index (κ1) is 14.6. The lowest BCUT2D eigenvalue weighted by Gasteiger charge is -2.29. The van der Waals surface area contributed by atoms with Crippen LogP contribution in [0.25, 0.3) is 0 Å². The molecule has 1 fully saturated rings. The van der Waals surface area contributed by atoms with E-state index in [0.717, 1.165) is 19.3 Å². The second-order valence-electron chi connectivity index (χ2n) is 5.17. The van der Waals surface area contributed by atoms with E-state index in [-0.39, 0.29) is 16.6 Å². The van der Waals surface area contributed by atoms with Gasteiger partial charge in [0.1, 0.15) is 0 Å². The zero-order chi connectivity index (χ0) is 14.0. The van der Waals surface area contributed by atoms with Crippen molar-refractivity contribution in [2.45, 2.75) is 43.5 Å². The van der Waals surface area contributed by atoms with Crippen LogP contribution in [0.5, 0.6) is 0 Å². The Balaban J connectivity index is 2.19. The van der Waals surface area contributed by atoms with E-state index in [0.29, 0.717) is 10.9 Å². The van der Waals surface area contributed by atoms with Gasteiger partial charge in [-0.15, -0.1) is 0 Å². The van der Waals surface area contributed by atoms with Gasteiger partial charge in [0, 0.05) is 6.04 Å². The SMILES string of the molecule is CC1CCCCC1NS(=O)(=O)c1ccc(Cl)c(N)c1. The molecular formula is C13H19ClN2O2S. The van der Waals surface area contributed by atoms with Crippen LogP contribution in [0, 0.1) is 5.92 Å². The van der Waals surface area contributed by atoms with E-state index in [1.54, 1.807) is 0 Å². The standard InChI is InChI=1S/C13H19ClN2O2S/c1-9-4-2-3-5-13(9)16-19(17,18)10-6-7-11(14)12(15)8-10/h6-9,13,16H,2-5,15H2,1H3. The molecule has 0 radical (unpaired) electrons. The number of hydrogen-bond donors (Lipinski definition) is 2. The van der Waals surface area contributed by atoms with E-state index >= 15 is 0 Å². The third-order valence-corrected chi connectivity index (χ3v) is 5.53. The molecule has 1 aliphatic carbocycles. The number of anilines is 1. The van der Waals surface area contributed by atoms with Crippen molar-refractivity contribution in [2.24, 2.45) is 5.92 Å². The van der Waals surface area contributed by atoms with E-state index in [1.165, 1.54) is 24.6 Å². The molecule has 6 heteroatoms. The van der Waals surface area contributed by atoms with Crippen LogP contribution in [0.3, 0.4) is 0 Å². The molecule has 0 heterocycles. The zero-order valence-corrected chi connectivity index (χ0v) is 12.5. The fourth-order valence-electron chi connectivity index (χ4n) is 2.45. The minimum atomic E-state index is -3.52. The Morgan fingerprint density at radius 2 is 2.00 bits per heavy atom. The molecule has 2 unspecified atom stereocenters. The highest BCUT2D eigenvalue weighted by atomic mass is 35.5. The van der Waals surface area contributed by atoms with Crippen LogP contribution in [0.15, 0.2) is 23.1 Å². The van der Waals surface area contributed by atoms with Gasteiger partial charge in [-0.25, -0.2) is 13.1 Å². The van der Waals surface area contributed by atoms with Crippen LogP contribution >= 0.6 is 11.6 Å². The molecular weight excluding hydrogens is 284 g/mol. The van der Waals surface area contributed by atoms with Gasteiger partial charge in [-0.1, -0.05) is 31.4 Å². The average molecular weight is 303 g/mol. The summed E-state index contributed by atoms with van der Waals surface area (Å²) in [4.78, 5) is 0.173. The van der Waals surface area contributed by atoms with Gasteiger partial charge in [-0.3, -0.25) is 0 Å². The number of nitrogens with two attached hydrogens (primary N) is 1. The number of sulfonamides is 1. The van der Waals surface area contributed by atoms with Gasteiger partial charge in [0.05, 0.1) is 15.6 Å². The van der Waals surface area contributed by atoms with Crippen molar-refractivity contribution >= 4 is 27.3 Å². The number of halogens is 1. The van der Waals surface area contributed by atoms with Crippen molar-refractivity contribution in [3.63, 3.8) is 0 Å². The molecule has 0 saturated heterocycles. The second-order valence-corrected chi connectivity index (χ2v) is 7.29. The molecule has 0 aromatic heterocycles. The molecule has 106 valence electrons. The maximum absolute atomic E-state index is 12.3.